The summed E-state index contributed by atoms with van der Waals surface area (Å²) < 4.78 is 10.7. The molecule has 0 aliphatic carbocycles. The van der Waals surface area contributed by atoms with Crippen LogP contribution in [0.1, 0.15) is 49.9 Å². The molecule has 0 saturated carbocycles. The molecular weight excluding hydrogens is 440 g/mol. The second kappa shape index (κ2) is 14.2. The van der Waals surface area contributed by atoms with Crippen molar-refractivity contribution in [2.45, 2.75) is 51.6 Å². The summed E-state index contributed by atoms with van der Waals surface area (Å²) in [5.41, 5.74) is 0.261. The minimum Gasteiger partial charge on any atom is -0.493 e. The number of para-hydroxylation sites is 1. The average molecular weight is 477 g/mol. The van der Waals surface area contributed by atoms with E-state index in [1.807, 2.05) is 13.8 Å². The van der Waals surface area contributed by atoms with Crippen LogP contribution in [0.2, 0.25) is 0 Å². The lowest BCUT2D eigenvalue weighted by molar-refractivity contribution is -0.131. The van der Waals surface area contributed by atoms with Gasteiger partial charge in [-0.2, -0.15) is 0 Å². The minimum atomic E-state index is -1.13. The molecule has 0 saturated heterocycles. The first-order valence-electron chi connectivity index (χ1n) is 11.7. The molecule has 34 heavy (non-hydrogen) atoms. The number of ether oxygens (including phenoxy) is 2. The predicted molar refractivity (Wildman–Crippen MR) is 126 cm³/mol. The third-order valence-electron chi connectivity index (χ3n) is 5.20. The van der Waals surface area contributed by atoms with Gasteiger partial charge in [0.25, 0.3) is 5.91 Å². The Morgan fingerprint density at radius 2 is 1.97 bits per heavy atom. The van der Waals surface area contributed by atoms with E-state index in [0.29, 0.717) is 44.7 Å². The smallest absolute Gasteiger partial charge is 0.255 e. The molecular formula is C24H36N4O6. The Labute approximate surface area is 200 Å². The maximum absolute atomic E-state index is 13.0. The van der Waals surface area contributed by atoms with Gasteiger partial charge in [-0.1, -0.05) is 26.0 Å². The second-order valence-corrected chi connectivity index (χ2v) is 8.61. The average Bonchev–Trinajstić information content (AvgIpc) is 2.80. The number of benzene rings is 1. The fourth-order valence-corrected chi connectivity index (χ4v) is 3.51. The number of methoxy groups -OCH3 is 1. The summed E-state index contributed by atoms with van der Waals surface area (Å²) in [5, 5.41) is 10.9. The Bertz CT molecular complexity index is 845. The van der Waals surface area contributed by atoms with Crippen LogP contribution in [0.15, 0.2) is 24.3 Å². The maximum Gasteiger partial charge on any atom is 0.255 e. The number of hydrogen-bond acceptors (Lipinski definition) is 6. The lowest BCUT2D eigenvalue weighted by atomic mass is 10.0. The van der Waals surface area contributed by atoms with Gasteiger partial charge < -0.3 is 30.7 Å². The Morgan fingerprint density at radius 1 is 1.21 bits per heavy atom. The van der Waals surface area contributed by atoms with Gasteiger partial charge in [-0.05, 0) is 37.3 Å². The predicted octanol–water partition coefficient (Wildman–Crippen LogP) is 0.757. The standard InChI is InChI=1S/C24H36N4O6/c1-16(2)14-18-23(31)26-11-7-13-34-20-9-5-4-8-17(20)22(30)28-19(15-21(29)27-18)24(32)25-10-6-12-33-3/h4-5,8-9,16,18-19H,6-7,10-15H2,1-3H3,(H,25,32)(H,26,31)(H,27,29)(H,28,30)/t18-,19+/m1/s1. The van der Waals surface area contributed by atoms with E-state index in [2.05, 4.69) is 21.3 Å². The van der Waals surface area contributed by atoms with Crippen LogP contribution in [0.4, 0.5) is 0 Å². The molecule has 10 nitrogen and oxygen atoms in total. The monoisotopic (exact) mass is 476 g/mol. The zero-order valence-electron chi connectivity index (χ0n) is 20.1. The Kier molecular flexibility index (Phi) is 11.3. The first-order chi connectivity index (χ1) is 16.3. The highest BCUT2D eigenvalue weighted by Crippen LogP contribution is 2.18. The van der Waals surface area contributed by atoms with Crippen molar-refractivity contribution >= 4 is 23.6 Å². The molecule has 2 atom stereocenters. The number of amides is 4. The molecule has 2 rings (SSSR count). The first kappa shape index (κ1) is 27.1. The van der Waals surface area contributed by atoms with Crippen molar-refractivity contribution in [2.24, 2.45) is 5.92 Å². The number of carbonyl (C=O) groups excluding carboxylic acids is 4. The van der Waals surface area contributed by atoms with E-state index in [9.17, 15) is 19.2 Å². The Balaban J connectivity index is 2.26. The molecule has 1 aromatic carbocycles. The van der Waals surface area contributed by atoms with Gasteiger partial charge in [0.1, 0.15) is 17.8 Å². The van der Waals surface area contributed by atoms with E-state index >= 15 is 0 Å². The summed E-state index contributed by atoms with van der Waals surface area (Å²) in [6, 6.07) is 4.83. The summed E-state index contributed by atoms with van der Waals surface area (Å²) in [6.07, 6.45) is 1.24. The van der Waals surface area contributed by atoms with E-state index in [-0.39, 0.29) is 30.4 Å². The summed E-state index contributed by atoms with van der Waals surface area (Å²) in [6.45, 7) is 5.36. The van der Waals surface area contributed by atoms with Crippen LogP contribution in [-0.2, 0) is 19.1 Å². The lowest BCUT2D eigenvalue weighted by Gasteiger charge is -2.22. The second-order valence-electron chi connectivity index (χ2n) is 8.61. The van der Waals surface area contributed by atoms with Crippen LogP contribution < -0.4 is 26.0 Å². The number of hydrogen-bond donors (Lipinski definition) is 4. The largest absolute Gasteiger partial charge is 0.493 e. The van der Waals surface area contributed by atoms with Gasteiger partial charge in [0.15, 0.2) is 0 Å². The molecule has 1 heterocycles. The lowest BCUT2D eigenvalue weighted by Crippen LogP contribution is -2.52. The zero-order chi connectivity index (χ0) is 24.9. The van der Waals surface area contributed by atoms with Crippen molar-refractivity contribution in [2.75, 3.05) is 33.4 Å². The van der Waals surface area contributed by atoms with Crippen LogP contribution in [0.5, 0.6) is 5.75 Å². The van der Waals surface area contributed by atoms with E-state index in [4.69, 9.17) is 9.47 Å². The van der Waals surface area contributed by atoms with E-state index in [1.165, 1.54) is 0 Å². The molecule has 0 unspecified atom stereocenters. The maximum atomic E-state index is 13.0. The summed E-state index contributed by atoms with van der Waals surface area (Å²) in [4.78, 5) is 51.3. The molecule has 1 aliphatic rings. The fourth-order valence-electron chi connectivity index (χ4n) is 3.51. The Morgan fingerprint density at radius 3 is 2.71 bits per heavy atom. The molecule has 0 radical (unpaired) electrons. The highest BCUT2D eigenvalue weighted by molar-refractivity contribution is 6.01. The van der Waals surface area contributed by atoms with Gasteiger partial charge in [-0.25, -0.2) is 0 Å². The van der Waals surface area contributed by atoms with Crippen molar-refractivity contribution in [3.63, 3.8) is 0 Å². The van der Waals surface area contributed by atoms with E-state index in [0.717, 1.165) is 0 Å². The van der Waals surface area contributed by atoms with E-state index < -0.39 is 29.8 Å². The minimum absolute atomic E-state index is 0.163. The third-order valence-corrected chi connectivity index (χ3v) is 5.20. The van der Waals surface area contributed by atoms with Gasteiger partial charge in [0.05, 0.1) is 18.6 Å². The van der Waals surface area contributed by atoms with Crippen LogP contribution in [0.25, 0.3) is 0 Å². The molecule has 4 N–H and O–H groups in total. The molecule has 188 valence electrons. The van der Waals surface area contributed by atoms with Gasteiger partial charge >= 0.3 is 0 Å². The van der Waals surface area contributed by atoms with Crippen molar-refractivity contribution in [3.8, 4) is 5.75 Å². The van der Waals surface area contributed by atoms with Crippen molar-refractivity contribution in [3.05, 3.63) is 29.8 Å². The third kappa shape index (κ3) is 9.01. The van der Waals surface area contributed by atoms with Gasteiger partial charge in [-0.3, -0.25) is 19.2 Å². The molecule has 10 heteroatoms. The number of rotatable bonds is 7. The van der Waals surface area contributed by atoms with E-state index in [1.54, 1.807) is 31.4 Å². The molecule has 1 aromatic rings. The zero-order valence-corrected chi connectivity index (χ0v) is 20.1. The normalized spacial score (nSPS) is 20.1. The molecule has 0 fully saturated rings. The highest BCUT2D eigenvalue weighted by atomic mass is 16.5. The van der Waals surface area contributed by atoms with Crippen LogP contribution >= 0.6 is 0 Å². The summed E-state index contributed by atoms with van der Waals surface area (Å²) >= 11 is 0. The molecule has 0 spiro atoms. The number of carbonyl (C=O) groups is 4. The molecule has 0 aromatic heterocycles. The summed E-state index contributed by atoms with van der Waals surface area (Å²) in [5.74, 6) is -1.28. The fraction of sp³-hybridized carbons (Fsp3) is 0.583. The van der Waals surface area contributed by atoms with Crippen molar-refractivity contribution < 1.29 is 28.7 Å². The topological polar surface area (TPSA) is 135 Å². The Hall–Kier alpha value is -3.14. The first-order valence-corrected chi connectivity index (χ1v) is 11.7. The molecule has 1 aliphatic heterocycles. The van der Waals surface area contributed by atoms with Crippen molar-refractivity contribution in [1.29, 1.82) is 0 Å². The van der Waals surface area contributed by atoms with Crippen LogP contribution in [0, 0.1) is 5.92 Å². The van der Waals surface area contributed by atoms with Crippen LogP contribution in [-0.4, -0.2) is 69.1 Å². The van der Waals surface area contributed by atoms with Gasteiger partial charge in [0, 0.05) is 26.8 Å². The molecule has 4 amide bonds. The van der Waals surface area contributed by atoms with Gasteiger partial charge in [-0.15, -0.1) is 0 Å². The van der Waals surface area contributed by atoms with Gasteiger partial charge in [0.2, 0.25) is 17.7 Å². The SMILES string of the molecule is COCCCNC(=O)[C@@H]1CC(=O)N[C@H](CC(C)C)C(=O)NCCCOc2ccccc2C(=O)N1. The number of nitrogens with one attached hydrogen (secondary N) is 4. The number of fused-ring (bicyclic) bond motifs is 1. The summed E-state index contributed by atoms with van der Waals surface area (Å²) in [7, 11) is 1.56. The molecule has 0 bridgehead atoms. The van der Waals surface area contributed by atoms with Crippen molar-refractivity contribution in [1.82, 2.24) is 21.3 Å². The quantitative estimate of drug-likeness (QED) is 0.429. The van der Waals surface area contributed by atoms with Crippen LogP contribution in [0.3, 0.4) is 0 Å². The highest BCUT2D eigenvalue weighted by Gasteiger charge is 2.28.